The minimum absolute atomic E-state index is 0.0503. The van der Waals surface area contributed by atoms with E-state index in [1.54, 1.807) is 13.8 Å². The van der Waals surface area contributed by atoms with Crippen molar-refractivity contribution in [1.82, 2.24) is 4.90 Å². The minimum atomic E-state index is -2.84. The molecule has 2 heterocycles. The molecule has 10 nitrogen and oxygen atoms in total. The molecule has 0 radical (unpaired) electrons. The van der Waals surface area contributed by atoms with Gasteiger partial charge in [-0.15, -0.1) is 0 Å². The number of ketones is 1. The highest BCUT2D eigenvalue weighted by molar-refractivity contribution is 7.57. The van der Waals surface area contributed by atoms with E-state index < -0.39 is 25.7 Å². The van der Waals surface area contributed by atoms with E-state index >= 15 is 0 Å². The fourth-order valence-corrected chi connectivity index (χ4v) is 3.89. The lowest BCUT2D eigenvalue weighted by molar-refractivity contribution is -0.144. The molecule has 1 amide bonds. The first-order chi connectivity index (χ1) is 12.3. The third-order valence-electron chi connectivity index (χ3n) is 4.10. The van der Waals surface area contributed by atoms with Crippen LogP contribution in [0.1, 0.15) is 26.7 Å². The van der Waals surface area contributed by atoms with Gasteiger partial charge in [0, 0.05) is 29.8 Å². The molecule has 1 saturated heterocycles. The molecule has 1 fully saturated rings. The number of carbonyl (C=O) groups is 2. The fraction of sp³-hybridized carbons (Fsp3) is 0.733. The second-order valence-electron chi connectivity index (χ2n) is 6.28. The van der Waals surface area contributed by atoms with E-state index in [-0.39, 0.29) is 37.5 Å². The largest absolute Gasteiger partial charge is 0.369 e. The number of hydrogen-bond acceptors (Lipinski definition) is 7. The smallest absolute Gasteiger partial charge is 0.236 e. The van der Waals surface area contributed by atoms with Crippen LogP contribution in [0.5, 0.6) is 0 Å². The first-order valence-electron chi connectivity index (χ1n) is 8.28. The van der Waals surface area contributed by atoms with E-state index in [0.717, 1.165) is 0 Å². The Morgan fingerprint density at radius 2 is 2.23 bits per heavy atom. The Hall–Kier alpha value is -1.70. The molecule has 0 spiro atoms. The molecule has 2 rings (SSSR count). The number of rotatable bonds is 8. The van der Waals surface area contributed by atoms with Crippen molar-refractivity contribution < 1.29 is 28.2 Å². The van der Waals surface area contributed by atoms with Crippen LogP contribution in [0.15, 0.2) is 16.9 Å². The summed E-state index contributed by atoms with van der Waals surface area (Å²) in [5.41, 5.74) is 9.22. The number of Topliss-reactive ketones (excluding diaryl/α,β-unsaturated/α-hetero) is 1. The zero-order chi connectivity index (χ0) is 19.3. The molecule has 0 bridgehead atoms. The maximum Gasteiger partial charge on any atom is 0.236 e. The lowest BCUT2D eigenvalue weighted by Gasteiger charge is -2.28. The zero-order valence-electron chi connectivity index (χ0n) is 15.0. The minimum Gasteiger partial charge on any atom is -0.369 e. The molecular formula is C15H23N4O6P. The summed E-state index contributed by atoms with van der Waals surface area (Å²) >= 11 is 0. The summed E-state index contributed by atoms with van der Waals surface area (Å²) in [7, 11) is -2.84. The van der Waals surface area contributed by atoms with E-state index in [1.807, 2.05) is 0 Å². The Morgan fingerprint density at radius 1 is 1.50 bits per heavy atom. The molecule has 0 saturated carbocycles. The Morgan fingerprint density at radius 3 is 2.88 bits per heavy atom. The van der Waals surface area contributed by atoms with Crippen molar-refractivity contribution in [3.8, 4) is 0 Å². The van der Waals surface area contributed by atoms with Crippen molar-refractivity contribution in [2.24, 2.45) is 5.11 Å². The number of amides is 1. The number of azide groups is 1. The number of nitrogens with zero attached hydrogens (tertiary/aromatic N) is 4. The Bertz CT molecular complexity index is 690. The molecule has 0 N–H and O–H groups in total. The van der Waals surface area contributed by atoms with Gasteiger partial charge in [-0.2, -0.15) is 0 Å². The molecule has 2 aliphatic rings. The predicted octanol–water partition coefficient (Wildman–Crippen LogP) is 2.40. The number of allylic oxidation sites excluding steroid dienone is 1. The van der Waals surface area contributed by atoms with E-state index in [1.165, 1.54) is 17.8 Å². The summed E-state index contributed by atoms with van der Waals surface area (Å²) in [6.07, 6.45) is 0.237. The maximum absolute atomic E-state index is 12.1. The molecule has 2 aliphatic heterocycles. The van der Waals surface area contributed by atoms with Crippen LogP contribution in [0.4, 0.5) is 0 Å². The van der Waals surface area contributed by atoms with E-state index in [9.17, 15) is 14.2 Å². The van der Waals surface area contributed by atoms with Gasteiger partial charge in [0.1, 0.15) is 12.6 Å². The highest BCUT2D eigenvalue weighted by Gasteiger charge is 2.40. The molecule has 0 aromatic rings. The Balaban J connectivity index is 2.01. The van der Waals surface area contributed by atoms with E-state index in [4.69, 9.17) is 19.5 Å². The van der Waals surface area contributed by atoms with Crippen LogP contribution in [0.2, 0.25) is 0 Å². The Labute approximate surface area is 151 Å². The second-order valence-corrected chi connectivity index (χ2v) is 8.83. The van der Waals surface area contributed by atoms with Gasteiger partial charge in [0.15, 0.2) is 5.78 Å². The molecule has 11 heteroatoms. The first-order valence-corrected chi connectivity index (χ1v) is 10.5. The van der Waals surface area contributed by atoms with Crippen LogP contribution < -0.4 is 0 Å². The lowest BCUT2D eigenvalue weighted by Crippen LogP contribution is -2.40. The molecule has 4 unspecified atom stereocenters. The van der Waals surface area contributed by atoms with Gasteiger partial charge in [-0.05, 0) is 19.4 Å². The number of ether oxygens (including phenoxy) is 2. The molecule has 26 heavy (non-hydrogen) atoms. The topological polar surface area (TPSA) is 131 Å². The highest BCUT2D eigenvalue weighted by atomic mass is 31.2. The standard InChI is InChI=1S/C15H23N4O6P/c1-4-24-26(3,22)9-23-8-13-11(17-18-16)5-15(25-13)19-7-10(2)12(20)6-14(19)21/h7,11,13,15H,4-6,8-9H2,1-3H3. The van der Waals surface area contributed by atoms with Crippen LogP contribution in [-0.2, 0) is 28.2 Å². The summed E-state index contributed by atoms with van der Waals surface area (Å²) in [6.45, 7) is 5.23. The van der Waals surface area contributed by atoms with Crippen molar-refractivity contribution >= 4 is 19.1 Å². The maximum atomic E-state index is 12.1. The zero-order valence-corrected chi connectivity index (χ0v) is 15.9. The van der Waals surface area contributed by atoms with Gasteiger partial charge < -0.3 is 14.0 Å². The van der Waals surface area contributed by atoms with Crippen molar-refractivity contribution in [2.75, 3.05) is 26.2 Å². The van der Waals surface area contributed by atoms with E-state index in [2.05, 4.69) is 10.0 Å². The van der Waals surface area contributed by atoms with Crippen LogP contribution in [0.3, 0.4) is 0 Å². The molecular weight excluding hydrogens is 363 g/mol. The first kappa shape index (κ1) is 20.6. The van der Waals surface area contributed by atoms with Gasteiger partial charge in [0.2, 0.25) is 13.3 Å². The summed E-state index contributed by atoms with van der Waals surface area (Å²) in [6, 6.07) is -0.535. The lowest BCUT2D eigenvalue weighted by atomic mass is 10.1. The van der Waals surface area contributed by atoms with Crippen LogP contribution in [0, 0.1) is 0 Å². The Kier molecular flexibility index (Phi) is 6.97. The molecule has 144 valence electrons. The normalized spacial score (nSPS) is 28.5. The van der Waals surface area contributed by atoms with Crippen LogP contribution >= 0.6 is 7.37 Å². The van der Waals surface area contributed by atoms with Gasteiger partial charge in [-0.1, -0.05) is 5.11 Å². The third-order valence-corrected chi connectivity index (χ3v) is 5.55. The van der Waals surface area contributed by atoms with Crippen molar-refractivity contribution in [3.63, 3.8) is 0 Å². The average molecular weight is 386 g/mol. The van der Waals surface area contributed by atoms with E-state index in [0.29, 0.717) is 12.2 Å². The SMILES string of the molecule is CCOP(C)(=O)COCC1OC(N2C=C(C)C(=O)CC2=O)CC1N=[N+]=[N-]. The third kappa shape index (κ3) is 5.16. The predicted molar refractivity (Wildman–Crippen MR) is 92.4 cm³/mol. The van der Waals surface area contributed by atoms with Gasteiger partial charge in [0.05, 0.1) is 31.8 Å². The fourth-order valence-electron chi connectivity index (χ4n) is 2.83. The summed E-state index contributed by atoms with van der Waals surface area (Å²) < 4.78 is 28.5. The van der Waals surface area contributed by atoms with Crippen LogP contribution in [0.25, 0.3) is 10.4 Å². The molecule has 4 atom stereocenters. The number of hydrogen-bond donors (Lipinski definition) is 0. The van der Waals surface area contributed by atoms with Gasteiger partial charge in [-0.25, -0.2) is 0 Å². The van der Waals surface area contributed by atoms with Gasteiger partial charge in [0.25, 0.3) is 0 Å². The molecule has 0 aromatic carbocycles. The monoisotopic (exact) mass is 386 g/mol. The quantitative estimate of drug-likeness (QED) is 0.207. The molecule has 0 aromatic heterocycles. The summed E-state index contributed by atoms with van der Waals surface area (Å²) in [4.78, 5) is 27.9. The van der Waals surface area contributed by atoms with Crippen LogP contribution in [-0.4, -0.2) is 61.2 Å². The van der Waals surface area contributed by atoms with Crippen molar-refractivity contribution in [1.29, 1.82) is 0 Å². The summed E-state index contributed by atoms with van der Waals surface area (Å²) in [5.74, 6) is -0.577. The molecule has 0 aliphatic carbocycles. The van der Waals surface area contributed by atoms with Gasteiger partial charge in [-0.3, -0.25) is 19.1 Å². The second kappa shape index (κ2) is 8.79. The average Bonchev–Trinajstić information content (AvgIpc) is 2.94. The number of carbonyl (C=O) groups excluding carboxylic acids is 2. The highest BCUT2D eigenvalue weighted by Crippen LogP contribution is 2.42. The van der Waals surface area contributed by atoms with Crippen molar-refractivity contribution in [2.45, 2.75) is 45.1 Å². The summed E-state index contributed by atoms with van der Waals surface area (Å²) in [5, 5.41) is 3.71. The van der Waals surface area contributed by atoms with Crippen molar-refractivity contribution in [3.05, 3.63) is 22.2 Å². The van der Waals surface area contributed by atoms with Gasteiger partial charge >= 0.3 is 0 Å².